The van der Waals surface area contributed by atoms with Crippen LogP contribution < -0.4 is 10.1 Å². The fourth-order valence-corrected chi connectivity index (χ4v) is 1.58. The number of nitrogens with one attached hydrogen (secondary N) is 1. The second-order valence-electron chi connectivity index (χ2n) is 4.19. The first kappa shape index (κ1) is 14.5. The number of carbonyl (C=O) groups is 1. The fourth-order valence-electron chi connectivity index (χ4n) is 1.58. The predicted octanol–water partition coefficient (Wildman–Crippen LogP) is 2.00. The Morgan fingerprint density at radius 1 is 1.33 bits per heavy atom. The van der Waals surface area contributed by atoms with Crippen LogP contribution in [-0.2, 0) is 9.53 Å². The highest BCUT2D eigenvalue weighted by molar-refractivity contribution is 5.76. The summed E-state index contributed by atoms with van der Waals surface area (Å²) in [7, 11) is 1.62. The van der Waals surface area contributed by atoms with E-state index >= 15 is 0 Å². The molecule has 100 valence electrons. The van der Waals surface area contributed by atoms with Gasteiger partial charge in [-0.1, -0.05) is 18.2 Å². The number of ether oxygens (including phenoxy) is 2. The summed E-state index contributed by atoms with van der Waals surface area (Å²) < 4.78 is 10.5. The van der Waals surface area contributed by atoms with E-state index in [1.165, 1.54) is 0 Å². The minimum Gasteiger partial charge on any atom is -0.494 e. The Balaban J connectivity index is 2.09. The molecule has 4 nitrogen and oxygen atoms in total. The van der Waals surface area contributed by atoms with Crippen molar-refractivity contribution in [2.24, 2.45) is 0 Å². The molecule has 0 aromatic heterocycles. The quantitative estimate of drug-likeness (QED) is 0.719. The van der Waals surface area contributed by atoms with Crippen molar-refractivity contribution >= 4 is 5.91 Å². The third kappa shape index (κ3) is 6.25. The van der Waals surface area contributed by atoms with Gasteiger partial charge in [-0.2, -0.15) is 0 Å². The molecule has 0 saturated carbocycles. The van der Waals surface area contributed by atoms with Crippen LogP contribution in [0.2, 0.25) is 0 Å². The van der Waals surface area contributed by atoms with Crippen LogP contribution in [0, 0.1) is 0 Å². The molecule has 0 aliphatic carbocycles. The van der Waals surface area contributed by atoms with Crippen LogP contribution in [0.5, 0.6) is 5.75 Å². The van der Waals surface area contributed by atoms with E-state index in [4.69, 9.17) is 9.47 Å². The van der Waals surface area contributed by atoms with Crippen LogP contribution in [0.4, 0.5) is 0 Å². The first-order valence-electron chi connectivity index (χ1n) is 6.18. The number of amides is 1. The Morgan fingerprint density at radius 2 is 2.06 bits per heavy atom. The van der Waals surface area contributed by atoms with Gasteiger partial charge in [0.2, 0.25) is 5.91 Å². The third-order valence-corrected chi connectivity index (χ3v) is 2.38. The standard InChI is InChI=1S/C14H21NO3/c1-12(11-17-2)15-14(16)9-6-10-18-13-7-4-3-5-8-13/h3-5,7-8,12H,6,9-11H2,1-2H3,(H,15,16). The molecule has 0 radical (unpaired) electrons. The van der Waals surface area contributed by atoms with E-state index in [0.29, 0.717) is 26.1 Å². The number of carbonyl (C=O) groups excluding carboxylic acids is 1. The van der Waals surface area contributed by atoms with Crippen LogP contribution in [0.25, 0.3) is 0 Å². The average molecular weight is 251 g/mol. The van der Waals surface area contributed by atoms with Crippen molar-refractivity contribution in [1.82, 2.24) is 5.32 Å². The van der Waals surface area contributed by atoms with Crippen LogP contribution in [0.1, 0.15) is 19.8 Å². The molecule has 0 aliphatic rings. The molecular weight excluding hydrogens is 230 g/mol. The number of hydrogen-bond acceptors (Lipinski definition) is 3. The number of hydrogen-bond donors (Lipinski definition) is 1. The number of methoxy groups -OCH3 is 1. The summed E-state index contributed by atoms with van der Waals surface area (Å²) in [6.45, 7) is 3.00. The largest absolute Gasteiger partial charge is 0.494 e. The lowest BCUT2D eigenvalue weighted by molar-refractivity contribution is -0.122. The average Bonchev–Trinajstić information content (AvgIpc) is 2.36. The minimum absolute atomic E-state index is 0.0382. The SMILES string of the molecule is COCC(C)NC(=O)CCCOc1ccccc1. The summed E-state index contributed by atoms with van der Waals surface area (Å²) in [5, 5.41) is 2.86. The molecule has 4 heteroatoms. The van der Waals surface area contributed by atoms with Gasteiger partial charge in [0.1, 0.15) is 5.75 Å². The van der Waals surface area contributed by atoms with Crippen LogP contribution in [0.3, 0.4) is 0 Å². The molecule has 0 saturated heterocycles. The highest BCUT2D eigenvalue weighted by atomic mass is 16.5. The van der Waals surface area contributed by atoms with Crippen LogP contribution in [-0.4, -0.2) is 32.3 Å². The van der Waals surface area contributed by atoms with Crippen molar-refractivity contribution in [2.45, 2.75) is 25.8 Å². The molecule has 18 heavy (non-hydrogen) atoms. The van der Waals surface area contributed by atoms with Crippen LogP contribution in [0.15, 0.2) is 30.3 Å². The lowest BCUT2D eigenvalue weighted by Crippen LogP contribution is -2.35. The van der Waals surface area contributed by atoms with Crippen molar-refractivity contribution in [3.63, 3.8) is 0 Å². The van der Waals surface area contributed by atoms with E-state index in [-0.39, 0.29) is 11.9 Å². The number of rotatable bonds is 8. The lowest BCUT2D eigenvalue weighted by Gasteiger charge is -2.12. The number of para-hydroxylation sites is 1. The Morgan fingerprint density at radius 3 is 2.72 bits per heavy atom. The molecule has 1 rings (SSSR count). The molecule has 1 N–H and O–H groups in total. The molecule has 1 aromatic rings. The third-order valence-electron chi connectivity index (χ3n) is 2.38. The van der Waals surface area contributed by atoms with Gasteiger partial charge in [-0.3, -0.25) is 4.79 Å². The van der Waals surface area contributed by atoms with Gasteiger partial charge in [0.25, 0.3) is 0 Å². The monoisotopic (exact) mass is 251 g/mol. The van der Waals surface area contributed by atoms with Crippen molar-refractivity contribution in [3.05, 3.63) is 30.3 Å². The second-order valence-corrected chi connectivity index (χ2v) is 4.19. The zero-order valence-corrected chi connectivity index (χ0v) is 11.0. The van der Waals surface area contributed by atoms with Gasteiger partial charge in [-0.25, -0.2) is 0 Å². The van der Waals surface area contributed by atoms with Crippen molar-refractivity contribution in [3.8, 4) is 5.75 Å². The second kappa shape index (κ2) is 8.53. The van der Waals surface area contributed by atoms with Crippen molar-refractivity contribution < 1.29 is 14.3 Å². The van der Waals surface area contributed by atoms with Gasteiger partial charge in [0.15, 0.2) is 0 Å². The van der Waals surface area contributed by atoms with Crippen molar-refractivity contribution in [1.29, 1.82) is 0 Å². The van der Waals surface area contributed by atoms with E-state index in [1.807, 2.05) is 37.3 Å². The smallest absolute Gasteiger partial charge is 0.220 e. The van der Waals surface area contributed by atoms with E-state index in [0.717, 1.165) is 5.75 Å². The van der Waals surface area contributed by atoms with Crippen molar-refractivity contribution in [2.75, 3.05) is 20.3 Å². The minimum atomic E-state index is 0.0382. The van der Waals surface area contributed by atoms with Gasteiger partial charge < -0.3 is 14.8 Å². The predicted molar refractivity (Wildman–Crippen MR) is 70.7 cm³/mol. The molecule has 1 unspecified atom stereocenters. The molecule has 0 spiro atoms. The molecule has 0 aliphatic heterocycles. The van der Waals surface area contributed by atoms with Gasteiger partial charge in [0, 0.05) is 19.6 Å². The molecule has 1 atom stereocenters. The summed E-state index contributed by atoms with van der Waals surface area (Å²) >= 11 is 0. The van der Waals surface area contributed by atoms with Gasteiger partial charge in [0.05, 0.1) is 13.2 Å². The highest BCUT2D eigenvalue weighted by Crippen LogP contribution is 2.08. The molecular formula is C14H21NO3. The Labute approximate surface area is 108 Å². The molecule has 0 heterocycles. The summed E-state index contributed by atoms with van der Waals surface area (Å²) in [6.07, 6.45) is 1.18. The summed E-state index contributed by atoms with van der Waals surface area (Å²) in [5.74, 6) is 0.877. The summed E-state index contributed by atoms with van der Waals surface area (Å²) in [5.41, 5.74) is 0. The van der Waals surface area contributed by atoms with Gasteiger partial charge in [-0.15, -0.1) is 0 Å². The van der Waals surface area contributed by atoms with Gasteiger partial charge in [-0.05, 0) is 25.5 Å². The van der Waals surface area contributed by atoms with E-state index in [9.17, 15) is 4.79 Å². The maximum Gasteiger partial charge on any atom is 0.220 e. The van der Waals surface area contributed by atoms with E-state index in [1.54, 1.807) is 7.11 Å². The lowest BCUT2D eigenvalue weighted by atomic mass is 10.2. The Kier molecular flexibility index (Phi) is 6.87. The normalized spacial score (nSPS) is 11.9. The summed E-state index contributed by atoms with van der Waals surface area (Å²) in [6, 6.07) is 9.65. The molecule has 1 aromatic carbocycles. The maximum absolute atomic E-state index is 11.5. The maximum atomic E-state index is 11.5. The van der Waals surface area contributed by atoms with E-state index in [2.05, 4.69) is 5.32 Å². The molecule has 0 bridgehead atoms. The molecule has 0 fully saturated rings. The Bertz CT molecular complexity index is 340. The fraction of sp³-hybridized carbons (Fsp3) is 0.500. The van der Waals surface area contributed by atoms with Gasteiger partial charge >= 0.3 is 0 Å². The van der Waals surface area contributed by atoms with E-state index < -0.39 is 0 Å². The van der Waals surface area contributed by atoms with Crippen LogP contribution >= 0.6 is 0 Å². The zero-order chi connectivity index (χ0) is 13.2. The number of benzene rings is 1. The zero-order valence-electron chi connectivity index (χ0n) is 11.0. The highest BCUT2D eigenvalue weighted by Gasteiger charge is 2.06. The first-order chi connectivity index (χ1) is 8.72. The molecule has 1 amide bonds. The Hall–Kier alpha value is -1.55. The first-order valence-corrected chi connectivity index (χ1v) is 6.18. The topological polar surface area (TPSA) is 47.6 Å². The summed E-state index contributed by atoms with van der Waals surface area (Å²) in [4.78, 5) is 11.5.